The minimum atomic E-state index is -0.647. The van der Waals surface area contributed by atoms with Gasteiger partial charge in [0.15, 0.2) is 0 Å². The van der Waals surface area contributed by atoms with Crippen LogP contribution in [-0.2, 0) is 6.54 Å². The van der Waals surface area contributed by atoms with E-state index in [2.05, 4.69) is 10.3 Å². The Morgan fingerprint density at radius 1 is 1.40 bits per heavy atom. The van der Waals surface area contributed by atoms with Crippen molar-refractivity contribution in [1.29, 1.82) is 0 Å². The van der Waals surface area contributed by atoms with Crippen molar-refractivity contribution in [2.45, 2.75) is 25.3 Å². The Bertz CT molecular complexity index is 892. The number of hydrogen-bond acceptors (Lipinski definition) is 5. The minimum absolute atomic E-state index is 0.0325. The number of nitrogens with one attached hydrogen (secondary N) is 1. The summed E-state index contributed by atoms with van der Waals surface area (Å²) in [5.41, 5.74) is 0.461. The molecule has 1 aliphatic carbocycles. The van der Waals surface area contributed by atoms with Crippen molar-refractivity contribution in [2.75, 3.05) is 6.54 Å². The Morgan fingerprint density at radius 2 is 2.16 bits per heavy atom. The van der Waals surface area contributed by atoms with Gasteiger partial charge in [0.2, 0.25) is 0 Å². The van der Waals surface area contributed by atoms with Gasteiger partial charge in [-0.2, -0.15) is 0 Å². The molecule has 0 spiro atoms. The molecule has 1 fully saturated rings. The maximum atomic E-state index is 12.1. The van der Waals surface area contributed by atoms with Gasteiger partial charge in [0, 0.05) is 36.7 Å². The molecular weight excluding hydrogens is 348 g/mol. The van der Waals surface area contributed by atoms with E-state index in [0.29, 0.717) is 5.92 Å². The Kier molecular flexibility index (Phi) is 4.80. The fraction of sp³-hybridized carbons (Fsp3) is 0.312. The van der Waals surface area contributed by atoms with E-state index in [-0.39, 0.29) is 34.9 Å². The van der Waals surface area contributed by atoms with Gasteiger partial charge in [-0.05, 0) is 25.0 Å². The first kappa shape index (κ1) is 17.1. The zero-order chi connectivity index (χ0) is 18.0. The zero-order valence-electron chi connectivity index (χ0n) is 13.1. The van der Waals surface area contributed by atoms with Crippen molar-refractivity contribution in [3.8, 4) is 0 Å². The molecule has 1 amide bonds. The summed E-state index contributed by atoms with van der Waals surface area (Å²) in [7, 11) is 0. The van der Waals surface area contributed by atoms with Gasteiger partial charge < -0.3 is 5.32 Å². The summed E-state index contributed by atoms with van der Waals surface area (Å²) >= 11 is 5.72. The first-order valence-corrected chi connectivity index (χ1v) is 8.12. The van der Waals surface area contributed by atoms with Crippen LogP contribution in [0, 0.1) is 10.1 Å². The van der Waals surface area contributed by atoms with E-state index in [9.17, 15) is 19.7 Å². The number of nitrogens with zero attached hydrogens (tertiary/aromatic N) is 3. The number of aromatic nitrogens is 2. The Balaban J connectivity index is 1.60. The zero-order valence-corrected chi connectivity index (χ0v) is 13.9. The van der Waals surface area contributed by atoms with E-state index in [0.717, 1.165) is 24.6 Å². The molecule has 1 N–H and O–H groups in total. The smallest absolute Gasteiger partial charge is 0.288 e. The number of carbonyl (C=O) groups is 1. The van der Waals surface area contributed by atoms with Crippen molar-refractivity contribution in [1.82, 2.24) is 14.9 Å². The largest absolute Gasteiger partial charge is 0.350 e. The predicted octanol–water partition coefficient (Wildman–Crippen LogP) is 2.11. The van der Waals surface area contributed by atoms with Crippen molar-refractivity contribution in [3.05, 3.63) is 67.3 Å². The predicted molar refractivity (Wildman–Crippen MR) is 90.9 cm³/mol. The van der Waals surface area contributed by atoms with Gasteiger partial charge in [-0.1, -0.05) is 11.6 Å². The van der Waals surface area contributed by atoms with Gasteiger partial charge in [-0.15, -0.1) is 0 Å². The average Bonchev–Trinajstić information content (AvgIpc) is 3.41. The van der Waals surface area contributed by atoms with Crippen LogP contribution in [0.25, 0.3) is 0 Å². The van der Waals surface area contributed by atoms with Crippen LogP contribution >= 0.6 is 11.6 Å². The molecular formula is C16H15ClN4O4. The van der Waals surface area contributed by atoms with Crippen molar-refractivity contribution < 1.29 is 9.72 Å². The number of amides is 1. The molecule has 8 nitrogen and oxygen atoms in total. The maximum Gasteiger partial charge on any atom is 0.288 e. The summed E-state index contributed by atoms with van der Waals surface area (Å²) in [4.78, 5) is 38.5. The molecule has 1 aromatic carbocycles. The van der Waals surface area contributed by atoms with Crippen LogP contribution in [0.4, 0.5) is 5.69 Å². The van der Waals surface area contributed by atoms with E-state index in [1.54, 1.807) is 0 Å². The van der Waals surface area contributed by atoms with Crippen LogP contribution in [-0.4, -0.2) is 26.9 Å². The van der Waals surface area contributed by atoms with Gasteiger partial charge in [0.05, 0.1) is 16.9 Å². The molecule has 25 heavy (non-hydrogen) atoms. The molecule has 0 bridgehead atoms. The van der Waals surface area contributed by atoms with Crippen LogP contribution in [0.5, 0.6) is 0 Å². The number of hydrogen-bond donors (Lipinski definition) is 1. The van der Waals surface area contributed by atoms with Gasteiger partial charge in [0.25, 0.3) is 17.2 Å². The number of nitro benzene ring substituents is 1. The lowest BCUT2D eigenvalue weighted by molar-refractivity contribution is -0.384. The number of carbonyl (C=O) groups excluding carboxylic acids is 1. The lowest BCUT2D eigenvalue weighted by Crippen LogP contribution is -2.31. The lowest BCUT2D eigenvalue weighted by Gasteiger charge is -2.08. The van der Waals surface area contributed by atoms with Crippen molar-refractivity contribution in [3.63, 3.8) is 0 Å². The third-order valence-electron chi connectivity index (χ3n) is 3.94. The quantitative estimate of drug-likeness (QED) is 0.625. The molecule has 0 radical (unpaired) electrons. The van der Waals surface area contributed by atoms with E-state index in [1.165, 1.54) is 29.1 Å². The highest BCUT2D eigenvalue weighted by Gasteiger charge is 2.25. The molecule has 1 heterocycles. The maximum absolute atomic E-state index is 12.1. The summed E-state index contributed by atoms with van der Waals surface area (Å²) in [6.45, 7) is 0.456. The van der Waals surface area contributed by atoms with E-state index >= 15 is 0 Å². The van der Waals surface area contributed by atoms with E-state index in [1.807, 2.05) is 0 Å². The van der Waals surface area contributed by atoms with E-state index in [4.69, 9.17) is 11.6 Å². The molecule has 1 aromatic heterocycles. The third kappa shape index (κ3) is 4.03. The van der Waals surface area contributed by atoms with Gasteiger partial charge in [-0.3, -0.25) is 24.3 Å². The number of halogens is 1. The SMILES string of the molecule is O=C(NCCn1cnc(C2CC2)cc1=O)c1ccc(Cl)c([N+](=O)[O-])c1. The molecule has 0 saturated heterocycles. The summed E-state index contributed by atoms with van der Waals surface area (Å²) in [6, 6.07) is 5.36. The molecule has 3 rings (SSSR count). The first-order chi connectivity index (χ1) is 12.0. The average molecular weight is 363 g/mol. The van der Waals surface area contributed by atoms with Crippen LogP contribution in [0.2, 0.25) is 5.02 Å². The van der Waals surface area contributed by atoms with E-state index < -0.39 is 10.8 Å². The Labute approximate surface area is 147 Å². The monoisotopic (exact) mass is 362 g/mol. The molecule has 2 aromatic rings. The fourth-order valence-electron chi connectivity index (χ4n) is 2.40. The van der Waals surface area contributed by atoms with Crippen LogP contribution in [0.15, 0.2) is 35.4 Å². The Hall–Kier alpha value is -2.74. The highest BCUT2D eigenvalue weighted by Crippen LogP contribution is 2.38. The molecule has 0 aliphatic heterocycles. The number of rotatable bonds is 6. The highest BCUT2D eigenvalue weighted by molar-refractivity contribution is 6.32. The molecule has 0 atom stereocenters. The summed E-state index contributed by atoms with van der Waals surface area (Å²) < 4.78 is 1.41. The number of nitro groups is 1. The van der Waals surface area contributed by atoms with Crippen molar-refractivity contribution >= 4 is 23.2 Å². The Morgan fingerprint density at radius 3 is 2.80 bits per heavy atom. The van der Waals surface area contributed by atoms with Gasteiger partial charge in [0.1, 0.15) is 5.02 Å². The normalized spacial score (nSPS) is 13.5. The minimum Gasteiger partial charge on any atom is -0.350 e. The topological polar surface area (TPSA) is 107 Å². The number of benzene rings is 1. The second-order valence-corrected chi connectivity index (χ2v) is 6.21. The lowest BCUT2D eigenvalue weighted by atomic mass is 10.2. The summed E-state index contributed by atoms with van der Waals surface area (Å²) in [5.74, 6) is -0.0712. The first-order valence-electron chi connectivity index (χ1n) is 7.74. The fourth-order valence-corrected chi connectivity index (χ4v) is 2.58. The molecule has 1 aliphatic rings. The molecule has 9 heteroatoms. The third-order valence-corrected chi connectivity index (χ3v) is 4.26. The van der Waals surface area contributed by atoms with Gasteiger partial charge in [-0.25, -0.2) is 4.98 Å². The summed E-state index contributed by atoms with van der Waals surface area (Å²) in [6.07, 6.45) is 3.62. The second kappa shape index (κ2) is 7.02. The molecule has 130 valence electrons. The van der Waals surface area contributed by atoms with Crippen LogP contribution in [0.1, 0.15) is 34.8 Å². The molecule has 0 unspecified atom stereocenters. The van der Waals surface area contributed by atoms with Gasteiger partial charge >= 0.3 is 0 Å². The van der Waals surface area contributed by atoms with Crippen LogP contribution in [0.3, 0.4) is 0 Å². The second-order valence-electron chi connectivity index (χ2n) is 5.80. The summed E-state index contributed by atoms with van der Waals surface area (Å²) in [5, 5.41) is 13.4. The molecule has 1 saturated carbocycles. The highest BCUT2D eigenvalue weighted by atomic mass is 35.5. The van der Waals surface area contributed by atoms with Crippen LogP contribution < -0.4 is 10.9 Å². The van der Waals surface area contributed by atoms with Crippen molar-refractivity contribution in [2.24, 2.45) is 0 Å². The standard InChI is InChI=1S/C16H15ClN4O4/c17-12-4-3-11(7-14(12)21(24)25)16(23)18-5-6-20-9-19-13(8-15(20)22)10-1-2-10/h3-4,7-10H,1-2,5-6H2,(H,18,23).